The van der Waals surface area contributed by atoms with Crippen LogP contribution >= 0.6 is 0 Å². The molecule has 1 atom stereocenters. The maximum atomic E-state index is 4.13. The summed E-state index contributed by atoms with van der Waals surface area (Å²) in [6.07, 6.45) is 8.65. The molecule has 1 aliphatic rings. The van der Waals surface area contributed by atoms with Crippen LogP contribution in [-0.4, -0.2) is 4.98 Å². The molecule has 5 rings (SSSR count). The SMILES string of the molecule is c1ccc2c(c1)ccc1c3c(ccc12)CC(Cc1ccncc1)CC3. The van der Waals surface area contributed by atoms with E-state index in [9.17, 15) is 0 Å². The van der Waals surface area contributed by atoms with E-state index >= 15 is 0 Å². The molecule has 0 aliphatic heterocycles. The van der Waals surface area contributed by atoms with Crippen LogP contribution in [0.25, 0.3) is 21.5 Å². The molecular formula is C24H21N. The molecule has 1 nitrogen and oxygen atoms in total. The van der Waals surface area contributed by atoms with Gasteiger partial charge in [0, 0.05) is 12.4 Å². The Labute approximate surface area is 148 Å². The average Bonchev–Trinajstić information content (AvgIpc) is 2.68. The summed E-state index contributed by atoms with van der Waals surface area (Å²) in [7, 11) is 0. The lowest BCUT2D eigenvalue weighted by atomic mass is 9.79. The van der Waals surface area contributed by atoms with Crippen LogP contribution in [0, 0.1) is 5.92 Å². The molecule has 3 aromatic carbocycles. The largest absolute Gasteiger partial charge is 0.265 e. The summed E-state index contributed by atoms with van der Waals surface area (Å²) in [6, 6.07) is 22.4. The normalized spacial score (nSPS) is 16.9. The Hall–Kier alpha value is -2.67. The number of hydrogen-bond donors (Lipinski definition) is 0. The number of hydrogen-bond acceptors (Lipinski definition) is 1. The van der Waals surface area contributed by atoms with Crippen LogP contribution in [0.5, 0.6) is 0 Å². The van der Waals surface area contributed by atoms with E-state index in [-0.39, 0.29) is 0 Å². The van der Waals surface area contributed by atoms with Crippen molar-refractivity contribution in [1.82, 2.24) is 4.98 Å². The molecular weight excluding hydrogens is 302 g/mol. The molecule has 1 aliphatic carbocycles. The van der Waals surface area contributed by atoms with Gasteiger partial charge >= 0.3 is 0 Å². The standard InChI is InChI=1S/C24H21N/c1-2-4-21-19(3-1)6-9-24-22-8-5-18(15-17-11-13-25-14-12-17)16-20(22)7-10-23(21)24/h1-4,6-7,9-14,18H,5,8,15-16H2. The molecule has 0 bridgehead atoms. The van der Waals surface area contributed by atoms with Crippen molar-refractivity contribution in [3.8, 4) is 0 Å². The minimum atomic E-state index is 0.743. The van der Waals surface area contributed by atoms with Gasteiger partial charge in [0.2, 0.25) is 0 Å². The number of aromatic nitrogens is 1. The summed E-state index contributed by atoms with van der Waals surface area (Å²) in [5.41, 5.74) is 4.54. The van der Waals surface area contributed by atoms with Crippen molar-refractivity contribution in [2.75, 3.05) is 0 Å². The van der Waals surface area contributed by atoms with E-state index < -0.39 is 0 Å². The topological polar surface area (TPSA) is 12.9 Å². The van der Waals surface area contributed by atoms with Gasteiger partial charge in [0.1, 0.15) is 0 Å². The van der Waals surface area contributed by atoms with Gasteiger partial charge < -0.3 is 0 Å². The van der Waals surface area contributed by atoms with E-state index in [0.29, 0.717) is 0 Å². The van der Waals surface area contributed by atoms with Crippen molar-refractivity contribution < 1.29 is 0 Å². The van der Waals surface area contributed by atoms with Gasteiger partial charge in [-0.05, 0) is 82.0 Å². The third kappa shape index (κ3) is 2.60. The fourth-order valence-corrected chi connectivity index (χ4v) is 4.47. The lowest BCUT2D eigenvalue weighted by Gasteiger charge is -2.26. The Bertz CT molecular complexity index is 1050. The minimum Gasteiger partial charge on any atom is -0.265 e. The Morgan fingerprint density at radius 2 is 1.64 bits per heavy atom. The van der Waals surface area contributed by atoms with Crippen molar-refractivity contribution in [3.63, 3.8) is 0 Å². The zero-order valence-electron chi connectivity index (χ0n) is 14.3. The molecule has 25 heavy (non-hydrogen) atoms. The molecule has 0 radical (unpaired) electrons. The van der Waals surface area contributed by atoms with E-state index in [1.807, 2.05) is 12.4 Å². The number of rotatable bonds is 2. The number of fused-ring (bicyclic) bond motifs is 5. The Morgan fingerprint density at radius 1 is 0.800 bits per heavy atom. The van der Waals surface area contributed by atoms with Gasteiger partial charge in [-0.25, -0.2) is 0 Å². The lowest BCUT2D eigenvalue weighted by molar-refractivity contribution is 0.457. The smallest absolute Gasteiger partial charge is 0.0270 e. The first kappa shape index (κ1) is 14.7. The summed E-state index contributed by atoms with van der Waals surface area (Å²) in [5.74, 6) is 0.743. The quantitative estimate of drug-likeness (QED) is 0.429. The second-order valence-corrected chi connectivity index (χ2v) is 7.25. The lowest BCUT2D eigenvalue weighted by Crippen LogP contribution is -2.16. The monoisotopic (exact) mass is 323 g/mol. The van der Waals surface area contributed by atoms with Crippen LogP contribution in [0.15, 0.2) is 73.1 Å². The van der Waals surface area contributed by atoms with Gasteiger partial charge in [-0.15, -0.1) is 0 Å². The van der Waals surface area contributed by atoms with Gasteiger partial charge in [0.05, 0.1) is 0 Å². The Kier molecular flexibility index (Phi) is 3.52. The third-order valence-electron chi connectivity index (χ3n) is 5.72. The summed E-state index contributed by atoms with van der Waals surface area (Å²) >= 11 is 0. The molecule has 0 N–H and O–H groups in total. The van der Waals surface area contributed by atoms with Crippen molar-refractivity contribution in [1.29, 1.82) is 0 Å². The van der Waals surface area contributed by atoms with Crippen LogP contribution in [0.3, 0.4) is 0 Å². The highest BCUT2D eigenvalue weighted by molar-refractivity contribution is 6.08. The predicted molar refractivity (Wildman–Crippen MR) is 105 cm³/mol. The van der Waals surface area contributed by atoms with Gasteiger partial charge in [-0.3, -0.25) is 4.98 Å². The summed E-state index contributed by atoms with van der Waals surface area (Å²) in [6.45, 7) is 0. The average molecular weight is 323 g/mol. The molecule has 1 heterocycles. The predicted octanol–water partition coefficient (Wildman–Crippen LogP) is 5.74. The Balaban J connectivity index is 1.53. The number of pyridine rings is 1. The first-order chi connectivity index (χ1) is 12.4. The molecule has 1 unspecified atom stereocenters. The van der Waals surface area contributed by atoms with E-state index in [1.165, 1.54) is 46.4 Å². The molecule has 0 spiro atoms. The third-order valence-corrected chi connectivity index (χ3v) is 5.72. The van der Waals surface area contributed by atoms with E-state index in [2.05, 4.69) is 65.6 Å². The van der Waals surface area contributed by atoms with Crippen LogP contribution in [0.1, 0.15) is 23.1 Å². The summed E-state index contributed by atoms with van der Waals surface area (Å²) < 4.78 is 0. The molecule has 0 saturated heterocycles. The molecule has 122 valence electrons. The highest BCUT2D eigenvalue weighted by Crippen LogP contribution is 2.35. The second-order valence-electron chi connectivity index (χ2n) is 7.25. The molecule has 1 aromatic heterocycles. The fourth-order valence-electron chi connectivity index (χ4n) is 4.47. The van der Waals surface area contributed by atoms with Crippen molar-refractivity contribution in [2.45, 2.75) is 25.7 Å². The number of aryl methyl sites for hydroxylation is 1. The fraction of sp³-hybridized carbons (Fsp3) is 0.208. The highest BCUT2D eigenvalue weighted by Gasteiger charge is 2.21. The van der Waals surface area contributed by atoms with Gasteiger partial charge in [-0.1, -0.05) is 48.5 Å². The zero-order chi connectivity index (χ0) is 16.6. The maximum Gasteiger partial charge on any atom is 0.0270 e. The van der Waals surface area contributed by atoms with Gasteiger partial charge in [0.15, 0.2) is 0 Å². The first-order valence-electron chi connectivity index (χ1n) is 9.19. The van der Waals surface area contributed by atoms with Gasteiger partial charge in [0.25, 0.3) is 0 Å². The maximum absolute atomic E-state index is 4.13. The van der Waals surface area contributed by atoms with Crippen molar-refractivity contribution in [2.24, 2.45) is 5.92 Å². The van der Waals surface area contributed by atoms with Crippen molar-refractivity contribution >= 4 is 21.5 Å². The van der Waals surface area contributed by atoms with Crippen LogP contribution in [-0.2, 0) is 19.3 Å². The molecule has 0 amide bonds. The van der Waals surface area contributed by atoms with Crippen LogP contribution < -0.4 is 0 Å². The molecule has 0 saturated carbocycles. The minimum absolute atomic E-state index is 0.743. The molecule has 0 fully saturated rings. The molecule has 1 heteroatoms. The van der Waals surface area contributed by atoms with E-state index in [0.717, 1.165) is 12.3 Å². The molecule has 4 aromatic rings. The second kappa shape index (κ2) is 6.00. The van der Waals surface area contributed by atoms with E-state index in [4.69, 9.17) is 0 Å². The zero-order valence-corrected chi connectivity index (χ0v) is 14.3. The van der Waals surface area contributed by atoms with E-state index in [1.54, 1.807) is 11.1 Å². The summed E-state index contributed by atoms with van der Waals surface area (Å²) in [5, 5.41) is 5.58. The van der Waals surface area contributed by atoms with Gasteiger partial charge in [-0.2, -0.15) is 0 Å². The van der Waals surface area contributed by atoms with Crippen LogP contribution in [0.4, 0.5) is 0 Å². The summed E-state index contributed by atoms with van der Waals surface area (Å²) in [4.78, 5) is 4.13. The number of nitrogens with zero attached hydrogens (tertiary/aromatic N) is 1. The highest BCUT2D eigenvalue weighted by atomic mass is 14.6. The number of benzene rings is 3. The first-order valence-corrected chi connectivity index (χ1v) is 9.19. The van der Waals surface area contributed by atoms with Crippen LogP contribution in [0.2, 0.25) is 0 Å². The Morgan fingerprint density at radius 3 is 2.56 bits per heavy atom. The van der Waals surface area contributed by atoms with Crippen molar-refractivity contribution in [3.05, 3.63) is 89.7 Å².